The third-order valence-electron chi connectivity index (χ3n) is 3.15. The van der Waals surface area contributed by atoms with E-state index in [0.717, 1.165) is 35.0 Å². The van der Waals surface area contributed by atoms with Crippen LogP contribution in [-0.2, 0) is 6.54 Å². The van der Waals surface area contributed by atoms with Crippen molar-refractivity contribution in [3.8, 4) is 16.9 Å². The summed E-state index contributed by atoms with van der Waals surface area (Å²) in [6, 6.07) is 14.2. The minimum atomic E-state index is 0.137. The van der Waals surface area contributed by atoms with Gasteiger partial charge in [0.05, 0.1) is 6.10 Å². The Kier molecular flexibility index (Phi) is 5.66. The number of benzene rings is 2. The van der Waals surface area contributed by atoms with Gasteiger partial charge in [0.1, 0.15) is 5.75 Å². The topological polar surface area (TPSA) is 21.3 Å². The highest BCUT2D eigenvalue weighted by atomic mass is 35.5. The molecule has 21 heavy (non-hydrogen) atoms. The van der Waals surface area contributed by atoms with Crippen LogP contribution >= 0.6 is 11.6 Å². The minimum Gasteiger partial charge on any atom is -0.490 e. The third kappa shape index (κ3) is 4.23. The third-order valence-corrected chi connectivity index (χ3v) is 3.47. The van der Waals surface area contributed by atoms with Crippen LogP contribution in [0.3, 0.4) is 0 Å². The molecule has 0 saturated carbocycles. The summed E-state index contributed by atoms with van der Waals surface area (Å²) in [6.07, 6.45) is 0.137. The molecule has 0 unspecified atom stereocenters. The summed E-state index contributed by atoms with van der Waals surface area (Å²) >= 11 is 6.47. The summed E-state index contributed by atoms with van der Waals surface area (Å²) in [5, 5.41) is 4.06. The lowest BCUT2D eigenvalue weighted by atomic mass is 10.0. The highest BCUT2D eigenvalue weighted by Crippen LogP contribution is 2.35. The normalized spacial score (nSPS) is 10.9. The minimum absolute atomic E-state index is 0.137. The van der Waals surface area contributed by atoms with Gasteiger partial charge in [0.25, 0.3) is 0 Å². The fourth-order valence-electron chi connectivity index (χ4n) is 2.20. The van der Waals surface area contributed by atoms with Crippen molar-refractivity contribution >= 4 is 11.6 Å². The van der Waals surface area contributed by atoms with Crippen LogP contribution in [0, 0.1) is 0 Å². The molecule has 112 valence electrons. The maximum atomic E-state index is 6.47. The van der Waals surface area contributed by atoms with Crippen LogP contribution in [0.4, 0.5) is 0 Å². The van der Waals surface area contributed by atoms with Gasteiger partial charge in [-0.1, -0.05) is 48.9 Å². The molecule has 2 aromatic rings. The molecule has 0 aliphatic rings. The molecule has 2 nitrogen and oxygen atoms in total. The first-order valence-corrected chi connectivity index (χ1v) is 7.74. The van der Waals surface area contributed by atoms with Crippen LogP contribution in [0.15, 0.2) is 42.5 Å². The molecular formula is C18H22ClNO. The van der Waals surface area contributed by atoms with Crippen LogP contribution in [0.2, 0.25) is 5.02 Å². The van der Waals surface area contributed by atoms with E-state index in [4.69, 9.17) is 16.3 Å². The van der Waals surface area contributed by atoms with E-state index < -0.39 is 0 Å². The van der Waals surface area contributed by atoms with E-state index in [1.54, 1.807) is 0 Å². The van der Waals surface area contributed by atoms with Crippen LogP contribution in [0.1, 0.15) is 26.3 Å². The van der Waals surface area contributed by atoms with E-state index in [9.17, 15) is 0 Å². The molecule has 2 rings (SSSR count). The van der Waals surface area contributed by atoms with Gasteiger partial charge in [-0.05, 0) is 38.1 Å². The highest BCUT2D eigenvalue weighted by Gasteiger charge is 2.11. The summed E-state index contributed by atoms with van der Waals surface area (Å²) in [7, 11) is 0. The van der Waals surface area contributed by atoms with E-state index in [-0.39, 0.29) is 6.10 Å². The maximum absolute atomic E-state index is 6.47. The number of hydrogen-bond donors (Lipinski definition) is 1. The molecule has 0 aromatic heterocycles. The molecule has 0 saturated heterocycles. The van der Waals surface area contributed by atoms with Gasteiger partial charge >= 0.3 is 0 Å². The Hall–Kier alpha value is -1.51. The van der Waals surface area contributed by atoms with Crippen LogP contribution in [0.5, 0.6) is 5.75 Å². The van der Waals surface area contributed by atoms with Crippen LogP contribution in [0.25, 0.3) is 11.1 Å². The molecule has 2 aromatic carbocycles. The Labute approximate surface area is 132 Å². The van der Waals surface area contributed by atoms with E-state index in [0.29, 0.717) is 0 Å². The van der Waals surface area contributed by atoms with Crippen molar-refractivity contribution in [3.63, 3.8) is 0 Å². The maximum Gasteiger partial charge on any atom is 0.127 e. The number of hydrogen-bond acceptors (Lipinski definition) is 2. The molecule has 1 N–H and O–H groups in total. The molecule has 0 amide bonds. The summed E-state index contributed by atoms with van der Waals surface area (Å²) in [5.41, 5.74) is 3.23. The van der Waals surface area contributed by atoms with Crippen LogP contribution < -0.4 is 10.1 Å². The molecule has 0 fully saturated rings. The van der Waals surface area contributed by atoms with Crippen molar-refractivity contribution in [1.82, 2.24) is 5.32 Å². The first-order chi connectivity index (χ1) is 10.1. The molecule has 0 atom stereocenters. The predicted octanol–water partition coefficient (Wildman–Crippen LogP) is 4.90. The van der Waals surface area contributed by atoms with E-state index >= 15 is 0 Å². The zero-order chi connectivity index (χ0) is 15.2. The standard InChI is InChI=1S/C18H22ClNO/c1-4-20-12-14-9-10-15(17(19)11-14)16-7-5-6-8-18(16)21-13(2)3/h5-11,13,20H,4,12H2,1-3H3. The molecular weight excluding hydrogens is 282 g/mol. The quantitative estimate of drug-likeness (QED) is 0.819. The number of ether oxygens (including phenoxy) is 1. The zero-order valence-corrected chi connectivity index (χ0v) is 13.6. The molecule has 0 radical (unpaired) electrons. The number of halogens is 1. The van der Waals surface area contributed by atoms with Gasteiger partial charge in [-0.3, -0.25) is 0 Å². The lowest BCUT2D eigenvalue weighted by Gasteiger charge is -2.15. The Morgan fingerprint density at radius 2 is 1.86 bits per heavy atom. The van der Waals surface area contributed by atoms with Gasteiger partial charge in [0.15, 0.2) is 0 Å². The summed E-state index contributed by atoms with van der Waals surface area (Å²) in [5.74, 6) is 0.869. The van der Waals surface area contributed by atoms with Gasteiger partial charge in [0, 0.05) is 22.7 Å². The lowest BCUT2D eigenvalue weighted by molar-refractivity contribution is 0.243. The van der Waals surface area contributed by atoms with Crippen molar-refractivity contribution < 1.29 is 4.74 Å². The fraction of sp³-hybridized carbons (Fsp3) is 0.333. The second-order valence-electron chi connectivity index (χ2n) is 5.26. The van der Waals surface area contributed by atoms with Crippen molar-refractivity contribution in [2.45, 2.75) is 33.4 Å². The number of rotatable bonds is 6. The van der Waals surface area contributed by atoms with Crippen LogP contribution in [-0.4, -0.2) is 12.6 Å². The SMILES string of the molecule is CCNCc1ccc(-c2ccccc2OC(C)C)c(Cl)c1. The van der Waals surface area contributed by atoms with Crippen molar-refractivity contribution in [2.75, 3.05) is 6.54 Å². The zero-order valence-electron chi connectivity index (χ0n) is 12.8. The Morgan fingerprint density at radius 3 is 2.52 bits per heavy atom. The average Bonchev–Trinajstić information content (AvgIpc) is 2.45. The second kappa shape index (κ2) is 7.48. The van der Waals surface area contributed by atoms with E-state index in [1.807, 2.05) is 44.2 Å². The Morgan fingerprint density at radius 1 is 1.10 bits per heavy atom. The number of para-hydroxylation sites is 1. The molecule has 0 spiro atoms. The largest absolute Gasteiger partial charge is 0.490 e. The van der Waals surface area contributed by atoms with Crippen molar-refractivity contribution in [2.24, 2.45) is 0 Å². The Bertz CT molecular complexity index is 596. The van der Waals surface area contributed by atoms with Gasteiger partial charge in [-0.15, -0.1) is 0 Å². The molecule has 0 bridgehead atoms. The van der Waals surface area contributed by atoms with Gasteiger partial charge in [-0.2, -0.15) is 0 Å². The first-order valence-electron chi connectivity index (χ1n) is 7.37. The Balaban J connectivity index is 2.34. The monoisotopic (exact) mass is 303 g/mol. The van der Waals surface area contributed by atoms with Crippen molar-refractivity contribution in [3.05, 3.63) is 53.1 Å². The molecule has 0 aliphatic heterocycles. The summed E-state index contributed by atoms with van der Waals surface area (Å²) < 4.78 is 5.88. The molecule has 0 aliphatic carbocycles. The first kappa shape index (κ1) is 15.9. The fourth-order valence-corrected chi connectivity index (χ4v) is 2.51. The average molecular weight is 304 g/mol. The predicted molar refractivity (Wildman–Crippen MR) is 90.0 cm³/mol. The van der Waals surface area contributed by atoms with E-state index in [2.05, 4.69) is 24.4 Å². The smallest absolute Gasteiger partial charge is 0.127 e. The van der Waals surface area contributed by atoms with Crippen molar-refractivity contribution in [1.29, 1.82) is 0 Å². The summed E-state index contributed by atoms with van der Waals surface area (Å²) in [6.45, 7) is 7.93. The van der Waals surface area contributed by atoms with E-state index in [1.165, 1.54) is 5.56 Å². The second-order valence-corrected chi connectivity index (χ2v) is 5.66. The molecule has 3 heteroatoms. The van der Waals surface area contributed by atoms with Gasteiger partial charge in [0.2, 0.25) is 0 Å². The summed E-state index contributed by atoms with van der Waals surface area (Å²) in [4.78, 5) is 0. The number of nitrogens with one attached hydrogen (secondary N) is 1. The van der Waals surface area contributed by atoms with Gasteiger partial charge < -0.3 is 10.1 Å². The molecule has 0 heterocycles. The van der Waals surface area contributed by atoms with Gasteiger partial charge in [-0.25, -0.2) is 0 Å². The lowest BCUT2D eigenvalue weighted by Crippen LogP contribution is -2.11. The highest BCUT2D eigenvalue weighted by molar-refractivity contribution is 6.33.